The first-order chi connectivity index (χ1) is 20.6. The summed E-state index contributed by atoms with van der Waals surface area (Å²) in [6.07, 6.45) is -2.92. The fourth-order valence-corrected chi connectivity index (χ4v) is 5.17. The van der Waals surface area contributed by atoms with E-state index in [4.69, 9.17) is 9.90 Å². The fraction of sp³-hybridized carbons (Fsp3) is 0.448. The minimum atomic E-state index is -5.08. The summed E-state index contributed by atoms with van der Waals surface area (Å²) in [5, 5.41) is 10.4. The summed E-state index contributed by atoms with van der Waals surface area (Å²) in [7, 11) is 0.969. The van der Waals surface area contributed by atoms with E-state index in [1.54, 1.807) is 36.2 Å². The van der Waals surface area contributed by atoms with Gasteiger partial charge in [0.2, 0.25) is 15.9 Å². The number of amidine groups is 1. The van der Waals surface area contributed by atoms with Gasteiger partial charge in [-0.3, -0.25) is 14.6 Å². The summed E-state index contributed by atoms with van der Waals surface area (Å²) in [6.45, 7) is 2.51. The Hall–Kier alpha value is -3.98. The average Bonchev–Trinajstić information content (AvgIpc) is 3.54. The molecule has 11 nitrogen and oxygen atoms in total. The number of esters is 1. The van der Waals surface area contributed by atoms with Crippen molar-refractivity contribution < 1.29 is 45.8 Å². The normalized spacial score (nSPS) is 12.9. The van der Waals surface area contributed by atoms with Crippen molar-refractivity contribution in [2.75, 3.05) is 47.4 Å². The number of hydrogen-bond donors (Lipinski definition) is 2. The summed E-state index contributed by atoms with van der Waals surface area (Å²) in [5.74, 6) is -2.15. The number of likely N-dealkylation sites (N-methyl/N-ethyl adjacent to an activating group) is 1. The maximum Gasteiger partial charge on any atom is 0.490 e. The molecular formula is C29H37F3N4O7S. The number of sulfonamides is 1. The van der Waals surface area contributed by atoms with Crippen molar-refractivity contribution in [1.29, 1.82) is 0 Å². The lowest BCUT2D eigenvalue weighted by atomic mass is 10.1. The summed E-state index contributed by atoms with van der Waals surface area (Å²) in [6, 6.07) is 14.7. The van der Waals surface area contributed by atoms with E-state index >= 15 is 0 Å². The number of aliphatic imine (C=N–C) groups is 1. The van der Waals surface area contributed by atoms with Gasteiger partial charge >= 0.3 is 18.1 Å². The molecule has 0 unspecified atom stereocenters. The number of halogens is 3. The van der Waals surface area contributed by atoms with Crippen LogP contribution in [0.5, 0.6) is 0 Å². The molecule has 0 saturated heterocycles. The maximum absolute atomic E-state index is 12.9. The first-order valence-corrected chi connectivity index (χ1v) is 15.1. The molecule has 0 saturated carbocycles. The van der Waals surface area contributed by atoms with Gasteiger partial charge in [-0.2, -0.15) is 13.2 Å². The Morgan fingerprint density at radius 3 is 2.05 bits per heavy atom. The zero-order valence-electron chi connectivity index (χ0n) is 24.8. The molecule has 1 aliphatic heterocycles. The molecule has 0 atom stereocenters. The van der Waals surface area contributed by atoms with E-state index < -0.39 is 22.2 Å². The first-order valence-electron chi connectivity index (χ1n) is 13.7. The maximum atomic E-state index is 12.9. The number of aryl methyl sites for hydroxylation is 1. The minimum absolute atomic E-state index is 0.0121. The predicted molar refractivity (Wildman–Crippen MR) is 157 cm³/mol. The number of rotatable bonds is 13. The van der Waals surface area contributed by atoms with Gasteiger partial charge in [0.1, 0.15) is 5.84 Å². The molecule has 15 heteroatoms. The van der Waals surface area contributed by atoms with Crippen molar-refractivity contribution in [3.05, 3.63) is 65.2 Å². The highest BCUT2D eigenvalue weighted by atomic mass is 32.2. The van der Waals surface area contributed by atoms with E-state index in [-0.39, 0.29) is 36.2 Å². The number of carboxylic acid groups (broad SMARTS) is 1. The zero-order chi connectivity index (χ0) is 32.9. The number of ether oxygens (including phenoxy) is 1. The molecule has 242 valence electrons. The van der Waals surface area contributed by atoms with E-state index in [1.165, 1.54) is 18.5 Å². The van der Waals surface area contributed by atoms with Crippen LogP contribution in [-0.2, 0) is 42.0 Å². The standard InChI is InChI=1S/C27H36N4O5S.C2HF3O2/c1-30(20-16-22-6-11-23(12-7-22)27-28-17-18-29-27)25(32)5-4-19-31(2)37(34,35)24-13-8-21(9-14-24)10-15-26(33)36-3;3-2(4,5)1(6)7/h6-9,11-14H,4-5,10,15-20H2,1-3H3,(H,28,29);(H,6,7). The molecule has 0 spiro atoms. The number of benzene rings is 2. The van der Waals surface area contributed by atoms with Gasteiger partial charge in [0.15, 0.2) is 0 Å². The van der Waals surface area contributed by atoms with Gasteiger partial charge in [-0.15, -0.1) is 0 Å². The third-order valence-electron chi connectivity index (χ3n) is 6.65. The molecule has 0 aliphatic carbocycles. The predicted octanol–water partition coefficient (Wildman–Crippen LogP) is 2.88. The van der Waals surface area contributed by atoms with Crippen LogP contribution in [-0.4, -0.2) is 100.0 Å². The number of nitrogens with one attached hydrogen (secondary N) is 1. The topological polar surface area (TPSA) is 146 Å². The fourth-order valence-electron chi connectivity index (χ4n) is 3.96. The Labute approximate surface area is 254 Å². The summed E-state index contributed by atoms with van der Waals surface area (Å²) in [5.41, 5.74) is 3.07. The van der Waals surface area contributed by atoms with E-state index in [0.717, 1.165) is 42.0 Å². The van der Waals surface area contributed by atoms with Crippen molar-refractivity contribution >= 4 is 33.7 Å². The van der Waals surface area contributed by atoms with E-state index in [1.807, 2.05) is 12.1 Å². The molecule has 3 rings (SSSR count). The van der Waals surface area contributed by atoms with Crippen molar-refractivity contribution in [3.8, 4) is 0 Å². The highest BCUT2D eigenvalue weighted by molar-refractivity contribution is 7.89. The molecule has 1 heterocycles. The third kappa shape index (κ3) is 11.6. The molecule has 44 heavy (non-hydrogen) atoms. The van der Waals surface area contributed by atoms with Gasteiger partial charge in [-0.1, -0.05) is 36.4 Å². The molecule has 0 radical (unpaired) electrons. The third-order valence-corrected chi connectivity index (χ3v) is 8.52. The Morgan fingerprint density at radius 1 is 0.955 bits per heavy atom. The second kappa shape index (κ2) is 16.8. The van der Waals surface area contributed by atoms with Gasteiger partial charge in [0.05, 0.1) is 18.6 Å². The lowest BCUT2D eigenvalue weighted by Gasteiger charge is -2.20. The van der Waals surface area contributed by atoms with Gasteiger partial charge in [0.25, 0.3) is 0 Å². The Bertz CT molecular complexity index is 1400. The highest BCUT2D eigenvalue weighted by Gasteiger charge is 2.38. The van der Waals surface area contributed by atoms with Crippen molar-refractivity contribution in [2.24, 2.45) is 4.99 Å². The van der Waals surface area contributed by atoms with Crippen LogP contribution < -0.4 is 5.32 Å². The quantitative estimate of drug-likeness (QED) is 0.318. The van der Waals surface area contributed by atoms with E-state index in [0.29, 0.717) is 19.4 Å². The van der Waals surface area contributed by atoms with Gasteiger partial charge < -0.3 is 20.1 Å². The largest absolute Gasteiger partial charge is 0.490 e. The monoisotopic (exact) mass is 642 g/mol. The Morgan fingerprint density at radius 2 is 1.52 bits per heavy atom. The summed E-state index contributed by atoms with van der Waals surface area (Å²) >= 11 is 0. The smallest absolute Gasteiger partial charge is 0.475 e. The van der Waals surface area contributed by atoms with Crippen molar-refractivity contribution in [3.63, 3.8) is 0 Å². The van der Waals surface area contributed by atoms with Gasteiger partial charge in [0, 0.05) is 52.1 Å². The molecule has 0 aromatic heterocycles. The highest BCUT2D eigenvalue weighted by Crippen LogP contribution is 2.17. The van der Waals surface area contributed by atoms with Crippen LogP contribution in [0.1, 0.15) is 36.0 Å². The number of hydrogen-bond acceptors (Lipinski definition) is 8. The molecule has 1 aliphatic rings. The zero-order valence-corrected chi connectivity index (χ0v) is 25.6. The van der Waals surface area contributed by atoms with Crippen LogP contribution in [0, 0.1) is 0 Å². The lowest BCUT2D eigenvalue weighted by Crippen LogP contribution is -2.31. The van der Waals surface area contributed by atoms with Crippen molar-refractivity contribution in [2.45, 2.75) is 43.2 Å². The van der Waals surface area contributed by atoms with Crippen LogP contribution in [0.3, 0.4) is 0 Å². The van der Waals surface area contributed by atoms with E-state index in [9.17, 15) is 31.2 Å². The number of carbonyl (C=O) groups excluding carboxylic acids is 2. The van der Waals surface area contributed by atoms with Crippen LogP contribution in [0.4, 0.5) is 13.2 Å². The number of methoxy groups -OCH3 is 1. The van der Waals surface area contributed by atoms with Gasteiger partial charge in [-0.25, -0.2) is 17.5 Å². The van der Waals surface area contributed by atoms with Crippen LogP contribution >= 0.6 is 0 Å². The Kier molecular flexibility index (Phi) is 13.8. The number of nitrogens with zero attached hydrogens (tertiary/aromatic N) is 3. The molecule has 2 aromatic carbocycles. The SMILES string of the molecule is COC(=O)CCc1ccc(S(=O)(=O)N(C)CCCC(=O)N(C)CCc2ccc(C3=NCCN3)cc2)cc1.O=C(O)C(F)(F)F. The molecule has 0 fully saturated rings. The van der Waals surface area contributed by atoms with Crippen LogP contribution in [0.2, 0.25) is 0 Å². The molecular weight excluding hydrogens is 605 g/mol. The average molecular weight is 643 g/mol. The van der Waals surface area contributed by atoms with Crippen LogP contribution in [0.15, 0.2) is 58.4 Å². The first kappa shape index (κ1) is 36.2. The lowest BCUT2D eigenvalue weighted by molar-refractivity contribution is -0.192. The number of aliphatic carboxylic acids is 1. The van der Waals surface area contributed by atoms with E-state index in [2.05, 4.69) is 27.2 Å². The summed E-state index contributed by atoms with van der Waals surface area (Å²) in [4.78, 5) is 39.0. The number of carboxylic acids is 1. The number of alkyl halides is 3. The second-order valence-electron chi connectivity index (χ2n) is 9.87. The van der Waals surface area contributed by atoms with Gasteiger partial charge in [-0.05, 0) is 42.5 Å². The Balaban J connectivity index is 0.000000860. The number of amides is 1. The minimum Gasteiger partial charge on any atom is -0.475 e. The molecule has 2 aromatic rings. The second-order valence-corrected chi connectivity index (χ2v) is 11.9. The number of carbonyl (C=O) groups is 3. The molecule has 2 N–H and O–H groups in total. The van der Waals surface area contributed by atoms with Crippen LogP contribution in [0.25, 0.3) is 0 Å². The molecule has 1 amide bonds. The molecule has 0 bridgehead atoms. The summed E-state index contributed by atoms with van der Waals surface area (Å²) < 4.78 is 63.4. The van der Waals surface area contributed by atoms with Crippen molar-refractivity contribution in [1.82, 2.24) is 14.5 Å².